The van der Waals surface area contributed by atoms with E-state index < -0.39 is 28.9 Å². The van der Waals surface area contributed by atoms with Crippen molar-refractivity contribution in [2.75, 3.05) is 0 Å². The van der Waals surface area contributed by atoms with Crippen molar-refractivity contribution in [1.82, 2.24) is 0 Å². The first-order chi connectivity index (χ1) is 4.72. The summed E-state index contributed by atoms with van der Waals surface area (Å²) in [6, 6.07) is 0. The van der Waals surface area contributed by atoms with Gasteiger partial charge in [0.2, 0.25) is 0 Å². The molecule has 0 N–H and O–H groups in total. The molecule has 11 heavy (non-hydrogen) atoms. The molecule has 1 nitrogen and oxygen atoms in total. The molecule has 0 aliphatic rings. The van der Waals surface area contributed by atoms with Gasteiger partial charge >= 0.3 is 12.3 Å². The van der Waals surface area contributed by atoms with Crippen molar-refractivity contribution >= 4 is 10.5 Å². The van der Waals surface area contributed by atoms with E-state index in [9.17, 15) is 26.3 Å². The molecule has 0 aromatic carbocycles. The van der Waals surface area contributed by atoms with E-state index in [0.717, 1.165) is 0 Å². The van der Waals surface area contributed by atoms with Crippen LogP contribution in [0.25, 0.3) is 0 Å². The van der Waals surface area contributed by atoms with Crippen molar-refractivity contribution in [2.45, 2.75) is 18.5 Å². The summed E-state index contributed by atoms with van der Waals surface area (Å²) in [6.07, 6.45) is -14.6. The lowest BCUT2D eigenvalue weighted by atomic mass is 10.3. The van der Waals surface area contributed by atoms with Gasteiger partial charge in [-0.15, -0.1) is 0 Å². The lowest BCUT2D eigenvalue weighted by Gasteiger charge is -2.20. The Morgan fingerprint density at radius 3 is 1.55 bits per heavy atom. The molecular weight excluding hydrogens is 194 g/mol. The highest BCUT2D eigenvalue weighted by molar-refractivity contribution is 5.98. The van der Waals surface area contributed by atoms with Crippen molar-refractivity contribution < 1.29 is 30.8 Å². The molecule has 8 heteroatoms. The van der Waals surface area contributed by atoms with E-state index in [1.807, 2.05) is 0 Å². The second kappa shape index (κ2) is 3.01. The van der Waals surface area contributed by atoms with Crippen LogP contribution in [0.2, 0.25) is 0 Å². The summed E-state index contributed by atoms with van der Waals surface area (Å²) in [5, 5.41) is 0. The molecule has 68 valence electrons. The van der Waals surface area contributed by atoms with Crippen LogP contribution in [-0.2, 0) is 4.43 Å². The van der Waals surface area contributed by atoms with Crippen LogP contribution < -0.4 is 0 Å². The first-order valence-corrected chi connectivity index (χ1v) is 3.17. The second-order valence-electron chi connectivity index (χ2n) is 1.67. The number of halogens is 6. The van der Waals surface area contributed by atoms with Gasteiger partial charge in [0.05, 0.1) is 0 Å². The molecule has 0 bridgehead atoms. The number of rotatable bonds is 2. The first kappa shape index (κ1) is 10.8. The molecule has 0 aromatic heterocycles. The van der Waals surface area contributed by atoms with Crippen molar-refractivity contribution in [3.05, 3.63) is 0 Å². The van der Waals surface area contributed by atoms with Crippen molar-refractivity contribution in [3.63, 3.8) is 0 Å². The summed E-state index contributed by atoms with van der Waals surface area (Å²) >= 11 is 0. The zero-order chi connectivity index (χ0) is 9.28. The Morgan fingerprint density at radius 2 is 1.45 bits per heavy atom. The van der Waals surface area contributed by atoms with Crippen LogP contribution in [0.1, 0.15) is 0 Å². The Kier molecular flexibility index (Phi) is 2.95. The molecule has 0 amide bonds. The molecule has 0 aliphatic carbocycles. The minimum Gasteiger partial charge on any atom is -0.371 e. The smallest absolute Gasteiger partial charge is 0.371 e. The molecule has 0 saturated heterocycles. The Hall–Kier alpha value is -0.243. The fraction of sp³-hybridized carbons (Fsp3) is 1.00. The largest absolute Gasteiger partial charge is 0.428 e. The van der Waals surface area contributed by atoms with Crippen LogP contribution >= 0.6 is 0 Å². The molecule has 0 aliphatic heterocycles. The lowest BCUT2D eigenvalue weighted by molar-refractivity contribution is -0.304. The Morgan fingerprint density at radius 1 is 1.09 bits per heavy atom. The highest BCUT2D eigenvalue weighted by atomic mass is 28.2. The molecule has 0 spiro atoms. The molecule has 0 saturated carbocycles. The summed E-state index contributed by atoms with van der Waals surface area (Å²) in [5.74, 6) is 0. The van der Waals surface area contributed by atoms with Gasteiger partial charge in [-0.05, 0) is 0 Å². The van der Waals surface area contributed by atoms with Gasteiger partial charge in [0.15, 0.2) is 10.5 Å². The molecule has 1 unspecified atom stereocenters. The summed E-state index contributed by atoms with van der Waals surface area (Å²) in [7, 11) is -0.661. The van der Waals surface area contributed by atoms with Gasteiger partial charge in [0, 0.05) is 0 Å². The third-order valence-corrected chi connectivity index (χ3v) is 1.40. The molecule has 0 radical (unpaired) electrons. The van der Waals surface area contributed by atoms with Crippen LogP contribution in [0.4, 0.5) is 26.3 Å². The maximum atomic E-state index is 11.8. The summed E-state index contributed by atoms with van der Waals surface area (Å²) in [6.45, 7) is 0. The van der Waals surface area contributed by atoms with E-state index in [1.165, 1.54) is 0 Å². The average Bonchev–Trinajstić information content (AvgIpc) is 1.84. The van der Waals surface area contributed by atoms with Crippen LogP contribution in [-0.4, -0.2) is 28.9 Å². The quantitative estimate of drug-likeness (QED) is 0.470. The van der Waals surface area contributed by atoms with Crippen LogP contribution in [0, 0.1) is 0 Å². The van der Waals surface area contributed by atoms with E-state index in [1.54, 1.807) is 0 Å². The first-order valence-electron chi connectivity index (χ1n) is 2.35. The van der Waals surface area contributed by atoms with E-state index >= 15 is 0 Å². The van der Waals surface area contributed by atoms with Gasteiger partial charge in [-0.2, -0.15) is 22.0 Å². The maximum Gasteiger partial charge on any atom is 0.428 e. The van der Waals surface area contributed by atoms with E-state index in [4.69, 9.17) is 0 Å². The van der Waals surface area contributed by atoms with E-state index in [0.29, 0.717) is 0 Å². The number of hydrogen-bond donors (Lipinski definition) is 0. The summed E-state index contributed by atoms with van der Waals surface area (Å²) in [5.41, 5.74) is 0. The predicted octanol–water partition coefficient (Wildman–Crippen LogP) is 0.777. The van der Waals surface area contributed by atoms with E-state index in [2.05, 4.69) is 4.43 Å². The summed E-state index contributed by atoms with van der Waals surface area (Å²) < 4.78 is 72.0. The SMILES string of the molecule is FC(C(F)(F)F)C(F)(F)O[SiH3]. The highest BCUT2D eigenvalue weighted by Crippen LogP contribution is 2.34. The standard InChI is InChI=1S/C3H4F6OSi/c4-1(2(5,6)7)3(8,9)10-11/h1H,11H3. The minimum atomic E-state index is -5.58. The normalized spacial score (nSPS) is 16.9. The third kappa shape index (κ3) is 2.70. The zero-order valence-electron chi connectivity index (χ0n) is 5.25. The van der Waals surface area contributed by atoms with Crippen molar-refractivity contribution in [2.24, 2.45) is 0 Å². The van der Waals surface area contributed by atoms with Gasteiger partial charge in [-0.25, -0.2) is 4.39 Å². The minimum absolute atomic E-state index is 0.661. The predicted molar refractivity (Wildman–Crippen MR) is 26.9 cm³/mol. The number of hydrogen-bond acceptors (Lipinski definition) is 1. The zero-order valence-corrected chi connectivity index (χ0v) is 7.25. The second-order valence-corrected chi connectivity index (χ2v) is 2.08. The molecule has 0 aromatic rings. The fourth-order valence-corrected chi connectivity index (χ4v) is 0.501. The van der Waals surface area contributed by atoms with Crippen molar-refractivity contribution in [1.29, 1.82) is 0 Å². The van der Waals surface area contributed by atoms with Crippen LogP contribution in [0.15, 0.2) is 0 Å². The molecule has 0 rings (SSSR count). The molecule has 1 atom stereocenters. The molecule has 0 heterocycles. The lowest BCUT2D eigenvalue weighted by Crippen LogP contribution is -2.43. The topological polar surface area (TPSA) is 9.23 Å². The van der Waals surface area contributed by atoms with Crippen molar-refractivity contribution in [3.8, 4) is 0 Å². The van der Waals surface area contributed by atoms with Crippen LogP contribution in [0.3, 0.4) is 0 Å². The highest BCUT2D eigenvalue weighted by Gasteiger charge is 2.57. The van der Waals surface area contributed by atoms with E-state index in [-0.39, 0.29) is 0 Å². The summed E-state index contributed by atoms with van der Waals surface area (Å²) in [4.78, 5) is 0. The van der Waals surface area contributed by atoms with Gasteiger partial charge in [0.1, 0.15) is 0 Å². The maximum absolute atomic E-state index is 11.8. The Labute approximate surface area is 60.9 Å². The fourth-order valence-electron chi connectivity index (χ4n) is 0.294. The third-order valence-electron chi connectivity index (χ3n) is 0.855. The number of alkyl halides is 6. The Bertz CT molecular complexity index is 132. The monoisotopic (exact) mass is 198 g/mol. The van der Waals surface area contributed by atoms with Crippen LogP contribution in [0.5, 0.6) is 0 Å². The molecular formula is C3H4F6OSi. The van der Waals surface area contributed by atoms with Gasteiger partial charge in [-0.3, -0.25) is 0 Å². The molecule has 0 fully saturated rings. The average molecular weight is 198 g/mol. The van der Waals surface area contributed by atoms with Gasteiger partial charge in [0.25, 0.3) is 6.17 Å². The van der Waals surface area contributed by atoms with Gasteiger partial charge in [-0.1, -0.05) is 0 Å². The Balaban J connectivity index is 4.35. The van der Waals surface area contributed by atoms with Gasteiger partial charge < -0.3 is 4.43 Å².